The van der Waals surface area contributed by atoms with Gasteiger partial charge in [0, 0.05) is 23.7 Å². The quantitative estimate of drug-likeness (QED) is 0.481. The molecule has 0 atom stereocenters. The van der Waals surface area contributed by atoms with E-state index in [9.17, 15) is 4.39 Å². The van der Waals surface area contributed by atoms with E-state index >= 15 is 0 Å². The Labute approximate surface area is 146 Å². The lowest BCUT2D eigenvalue weighted by atomic mass is 10.1. The van der Waals surface area contributed by atoms with E-state index in [2.05, 4.69) is 28.8 Å². The average molecular weight is 328 g/mol. The Kier molecular flexibility index (Phi) is 3.90. The van der Waals surface area contributed by atoms with Gasteiger partial charge in [-0.25, -0.2) is 9.37 Å². The molecule has 4 aromatic rings. The van der Waals surface area contributed by atoms with Crippen LogP contribution in [0.4, 0.5) is 4.39 Å². The van der Waals surface area contributed by atoms with Gasteiger partial charge in [-0.15, -0.1) is 0 Å². The predicted molar refractivity (Wildman–Crippen MR) is 99.5 cm³/mol. The first-order valence-corrected chi connectivity index (χ1v) is 8.17. The molecule has 1 aromatic heterocycles. The molecule has 1 heterocycles. The van der Waals surface area contributed by atoms with E-state index < -0.39 is 0 Å². The molecular weight excluding hydrogens is 311 g/mol. The largest absolute Gasteiger partial charge is 0.327 e. The van der Waals surface area contributed by atoms with Crippen LogP contribution in [-0.2, 0) is 7.05 Å². The van der Waals surface area contributed by atoms with Gasteiger partial charge in [0.05, 0.1) is 11.4 Å². The van der Waals surface area contributed by atoms with E-state index in [4.69, 9.17) is 4.98 Å². The van der Waals surface area contributed by atoms with Gasteiger partial charge in [0.2, 0.25) is 0 Å². The van der Waals surface area contributed by atoms with Crippen molar-refractivity contribution in [3.8, 4) is 33.9 Å². The molecule has 25 heavy (non-hydrogen) atoms. The van der Waals surface area contributed by atoms with Crippen LogP contribution in [-0.4, -0.2) is 9.55 Å². The fourth-order valence-electron chi connectivity index (χ4n) is 3.08. The monoisotopic (exact) mass is 328 g/mol. The van der Waals surface area contributed by atoms with Crippen molar-refractivity contribution in [2.75, 3.05) is 0 Å². The van der Waals surface area contributed by atoms with Crippen LogP contribution < -0.4 is 0 Å². The van der Waals surface area contributed by atoms with E-state index in [0.717, 1.165) is 33.9 Å². The van der Waals surface area contributed by atoms with Gasteiger partial charge < -0.3 is 4.57 Å². The second kappa shape index (κ2) is 6.36. The number of rotatable bonds is 3. The smallest absolute Gasteiger partial charge is 0.140 e. The molecule has 0 saturated carbocycles. The van der Waals surface area contributed by atoms with Crippen LogP contribution in [0.25, 0.3) is 33.9 Å². The summed E-state index contributed by atoms with van der Waals surface area (Å²) in [4.78, 5) is 4.90. The summed E-state index contributed by atoms with van der Waals surface area (Å²) in [7, 11) is 2.00. The molecule has 0 N–H and O–H groups in total. The first kappa shape index (κ1) is 15.3. The van der Waals surface area contributed by atoms with Gasteiger partial charge in [0.25, 0.3) is 0 Å². The van der Waals surface area contributed by atoms with Gasteiger partial charge in [-0.3, -0.25) is 0 Å². The number of aromatic nitrogens is 2. The summed E-state index contributed by atoms with van der Waals surface area (Å²) in [6.45, 7) is 0. The molecule has 0 unspecified atom stereocenters. The van der Waals surface area contributed by atoms with Crippen molar-refractivity contribution < 1.29 is 4.39 Å². The summed E-state index contributed by atoms with van der Waals surface area (Å²) in [5.74, 6) is 0.572. The fourth-order valence-corrected chi connectivity index (χ4v) is 3.08. The van der Waals surface area contributed by atoms with E-state index in [0.29, 0.717) is 0 Å². The lowest BCUT2D eigenvalue weighted by molar-refractivity contribution is 0.628. The van der Waals surface area contributed by atoms with Gasteiger partial charge in [-0.2, -0.15) is 0 Å². The molecule has 122 valence electrons. The molecule has 3 aromatic carbocycles. The molecule has 0 aliphatic carbocycles. The molecule has 3 heteroatoms. The third-order valence-corrected chi connectivity index (χ3v) is 4.29. The van der Waals surface area contributed by atoms with Gasteiger partial charge in [-0.05, 0) is 24.3 Å². The molecule has 0 bridgehead atoms. The summed E-state index contributed by atoms with van der Waals surface area (Å²) in [5, 5.41) is 0. The van der Waals surface area contributed by atoms with Crippen LogP contribution in [0.5, 0.6) is 0 Å². The molecule has 0 aliphatic rings. The molecule has 0 radical (unpaired) electrons. The highest BCUT2D eigenvalue weighted by molar-refractivity contribution is 5.82. The van der Waals surface area contributed by atoms with Crippen molar-refractivity contribution in [1.82, 2.24) is 9.55 Å². The molecule has 0 fully saturated rings. The van der Waals surface area contributed by atoms with Crippen LogP contribution in [0.1, 0.15) is 0 Å². The van der Waals surface area contributed by atoms with Gasteiger partial charge in [-0.1, -0.05) is 60.7 Å². The van der Waals surface area contributed by atoms with Gasteiger partial charge in [0.15, 0.2) is 0 Å². The van der Waals surface area contributed by atoms with Crippen LogP contribution >= 0.6 is 0 Å². The van der Waals surface area contributed by atoms with Gasteiger partial charge in [0.1, 0.15) is 11.6 Å². The summed E-state index contributed by atoms with van der Waals surface area (Å²) in [6, 6.07) is 26.8. The maximum Gasteiger partial charge on any atom is 0.140 e. The summed E-state index contributed by atoms with van der Waals surface area (Å²) < 4.78 is 15.4. The lowest BCUT2D eigenvalue weighted by Crippen LogP contribution is -1.95. The first-order chi connectivity index (χ1) is 12.2. The van der Waals surface area contributed by atoms with Crippen molar-refractivity contribution >= 4 is 0 Å². The lowest BCUT2D eigenvalue weighted by Gasteiger charge is -2.08. The zero-order chi connectivity index (χ0) is 17.2. The molecule has 0 spiro atoms. The number of benzene rings is 3. The second-order valence-corrected chi connectivity index (χ2v) is 5.93. The topological polar surface area (TPSA) is 17.8 Å². The number of hydrogen-bond acceptors (Lipinski definition) is 1. The van der Waals surface area contributed by atoms with Crippen LogP contribution in [0.15, 0.2) is 84.9 Å². The fraction of sp³-hybridized carbons (Fsp3) is 0.0455. The molecule has 2 nitrogen and oxygen atoms in total. The Morgan fingerprint density at radius 2 is 1.24 bits per heavy atom. The molecule has 0 aliphatic heterocycles. The first-order valence-electron chi connectivity index (χ1n) is 8.17. The van der Waals surface area contributed by atoms with Crippen molar-refractivity contribution in [3.05, 3.63) is 90.7 Å². The minimum atomic E-state index is -0.246. The van der Waals surface area contributed by atoms with Crippen LogP contribution in [0, 0.1) is 5.82 Å². The predicted octanol–water partition coefficient (Wildman–Crippen LogP) is 5.56. The van der Waals surface area contributed by atoms with E-state index in [1.807, 2.05) is 43.4 Å². The van der Waals surface area contributed by atoms with Crippen molar-refractivity contribution in [1.29, 1.82) is 0 Å². The summed E-state index contributed by atoms with van der Waals surface area (Å²) in [5.41, 5.74) is 5.03. The van der Waals surface area contributed by atoms with Crippen molar-refractivity contribution in [3.63, 3.8) is 0 Å². The van der Waals surface area contributed by atoms with E-state index in [1.165, 1.54) is 12.1 Å². The van der Waals surface area contributed by atoms with Crippen LogP contribution in [0.3, 0.4) is 0 Å². The maximum atomic E-state index is 13.3. The Hall–Kier alpha value is -3.20. The zero-order valence-corrected chi connectivity index (χ0v) is 13.9. The highest BCUT2D eigenvalue weighted by Gasteiger charge is 2.18. The Balaban J connectivity index is 1.97. The third kappa shape index (κ3) is 2.85. The van der Waals surface area contributed by atoms with Crippen LogP contribution in [0.2, 0.25) is 0 Å². The summed E-state index contributed by atoms with van der Waals surface area (Å²) >= 11 is 0. The normalized spacial score (nSPS) is 10.8. The molecule has 4 rings (SSSR count). The van der Waals surface area contributed by atoms with Crippen molar-refractivity contribution in [2.45, 2.75) is 0 Å². The average Bonchev–Trinajstić information content (AvgIpc) is 3.01. The Morgan fingerprint density at radius 3 is 1.84 bits per heavy atom. The Morgan fingerprint density at radius 1 is 0.680 bits per heavy atom. The molecular formula is C22H17FN2. The number of nitrogens with zero attached hydrogens (tertiary/aromatic N) is 2. The minimum absolute atomic E-state index is 0.246. The molecule has 0 saturated heterocycles. The highest BCUT2D eigenvalue weighted by atomic mass is 19.1. The minimum Gasteiger partial charge on any atom is -0.327 e. The summed E-state index contributed by atoms with van der Waals surface area (Å²) in [6.07, 6.45) is 0. The Bertz CT molecular complexity index is 988. The molecule has 0 amide bonds. The zero-order valence-electron chi connectivity index (χ0n) is 13.9. The maximum absolute atomic E-state index is 13.3. The SMILES string of the molecule is Cn1c(-c2ccc(F)cc2)nc(-c2ccccc2)c1-c1ccccc1. The van der Waals surface area contributed by atoms with E-state index in [1.54, 1.807) is 12.1 Å². The highest BCUT2D eigenvalue weighted by Crippen LogP contribution is 2.35. The standard InChI is InChI=1S/C22H17FN2/c1-25-21(17-10-6-3-7-11-17)20(16-8-4-2-5-9-16)24-22(25)18-12-14-19(23)15-13-18/h2-15H,1H3. The van der Waals surface area contributed by atoms with Crippen molar-refractivity contribution in [2.24, 2.45) is 7.05 Å². The number of imidazole rings is 1. The number of hydrogen-bond donors (Lipinski definition) is 0. The number of halogens is 1. The second-order valence-electron chi connectivity index (χ2n) is 5.93. The van der Waals surface area contributed by atoms with Gasteiger partial charge >= 0.3 is 0 Å². The van der Waals surface area contributed by atoms with E-state index in [-0.39, 0.29) is 5.82 Å². The third-order valence-electron chi connectivity index (χ3n) is 4.29.